The highest BCUT2D eigenvalue weighted by Gasteiger charge is 2.26. The van der Waals surface area contributed by atoms with Gasteiger partial charge in [0, 0.05) is 11.8 Å². The van der Waals surface area contributed by atoms with Gasteiger partial charge in [0.15, 0.2) is 0 Å². The molecule has 0 bridgehead atoms. The molecule has 0 amide bonds. The van der Waals surface area contributed by atoms with Gasteiger partial charge in [-0.2, -0.15) is 5.26 Å². The van der Waals surface area contributed by atoms with E-state index < -0.39 is 0 Å². The zero-order valence-corrected chi connectivity index (χ0v) is 9.03. The Morgan fingerprint density at radius 2 is 2.27 bits per heavy atom. The first-order chi connectivity index (χ1) is 7.22. The Morgan fingerprint density at radius 3 is 2.80 bits per heavy atom. The second kappa shape index (κ2) is 3.90. The number of aromatic nitrogens is 1. The van der Waals surface area contributed by atoms with Crippen molar-refractivity contribution < 1.29 is 4.74 Å². The predicted octanol–water partition coefficient (Wildman–Crippen LogP) is 2.62. The second-order valence-electron chi connectivity index (χ2n) is 4.16. The van der Waals surface area contributed by atoms with Crippen molar-refractivity contribution in [2.45, 2.75) is 38.7 Å². The average molecular weight is 202 g/mol. The molecule has 1 aromatic heterocycles. The number of ether oxygens (including phenoxy) is 1. The van der Waals surface area contributed by atoms with Gasteiger partial charge < -0.3 is 4.74 Å². The molecule has 1 aliphatic rings. The van der Waals surface area contributed by atoms with Crippen LogP contribution in [0.5, 0.6) is 5.75 Å². The van der Waals surface area contributed by atoms with Crippen LogP contribution in [0.25, 0.3) is 0 Å². The molecule has 0 saturated heterocycles. The Balaban J connectivity index is 2.38. The van der Waals surface area contributed by atoms with E-state index in [2.05, 4.69) is 24.9 Å². The van der Waals surface area contributed by atoms with Gasteiger partial charge in [-0.1, -0.05) is 13.8 Å². The van der Waals surface area contributed by atoms with Crippen LogP contribution in [0.3, 0.4) is 0 Å². The molecule has 1 heterocycles. The van der Waals surface area contributed by atoms with Gasteiger partial charge in [-0.3, -0.25) is 0 Å². The van der Waals surface area contributed by atoms with Gasteiger partial charge in [0.2, 0.25) is 0 Å². The summed E-state index contributed by atoms with van der Waals surface area (Å²) >= 11 is 0. The summed E-state index contributed by atoms with van der Waals surface area (Å²) in [5.74, 6) is 1.10. The average Bonchev–Trinajstić information content (AvgIpc) is 3.01. The van der Waals surface area contributed by atoms with Gasteiger partial charge in [-0.05, 0) is 24.8 Å². The molecule has 0 spiro atoms. The molecule has 0 aromatic carbocycles. The summed E-state index contributed by atoms with van der Waals surface area (Å²) < 4.78 is 5.77. The van der Waals surface area contributed by atoms with Crippen molar-refractivity contribution in [3.05, 3.63) is 23.5 Å². The van der Waals surface area contributed by atoms with Gasteiger partial charge in [0.25, 0.3) is 0 Å². The predicted molar refractivity (Wildman–Crippen MR) is 56.7 cm³/mol. The summed E-state index contributed by atoms with van der Waals surface area (Å²) in [5, 5.41) is 8.97. The van der Waals surface area contributed by atoms with E-state index in [0.717, 1.165) is 24.2 Å². The molecule has 0 radical (unpaired) electrons. The quantitative estimate of drug-likeness (QED) is 0.756. The van der Waals surface area contributed by atoms with E-state index in [-0.39, 0.29) is 5.92 Å². The summed E-state index contributed by atoms with van der Waals surface area (Å²) in [5.41, 5.74) is 1.43. The van der Waals surface area contributed by atoms with Crippen LogP contribution in [0.1, 0.15) is 43.9 Å². The fraction of sp³-hybridized carbons (Fsp3) is 0.500. The first kappa shape index (κ1) is 9.97. The van der Waals surface area contributed by atoms with Crippen LogP contribution in [-0.2, 0) is 0 Å². The molecule has 3 heteroatoms. The fourth-order valence-corrected chi connectivity index (χ4v) is 1.57. The SMILES string of the molecule is CC(C)c1c(OC2CC2)ccnc1C#N. The maximum Gasteiger partial charge on any atom is 0.147 e. The Morgan fingerprint density at radius 1 is 1.53 bits per heavy atom. The van der Waals surface area contributed by atoms with Gasteiger partial charge in [0.1, 0.15) is 17.5 Å². The first-order valence-electron chi connectivity index (χ1n) is 5.28. The highest BCUT2D eigenvalue weighted by atomic mass is 16.5. The smallest absolute Gasteiger partial charge is 0.147 e. The highest BCUT2D eigenvalue weighted by molar-refractivity contribution is 5.44. The molecule has 0 atom stereocenters. The number of hydrogen-bond acceptors (Lipinski definition) is 3. The van der Waals surface area contributed by atoms with Crippen LogP contribution in [0.4, 0.5) is 0 Å². The topological polar surface area (TPSA) is 45.9 Å². The van der Waals surface area contributed by atoms with Gasteiger partial charge in [-0.25, -0.2) is 4.98 Å². The summed E-state index contributed by atoms with van der Waals surface area (Å²) in [6, 6.07) is 3.98. The van der Waals surface area contributed by atoms with Gasteiger partial charge >= 0.3 is 0 Å². The van der Waals surface area contributed by atoms with Crippen molar-refractivity contribution in [3.63, 3.8) is 0 Å². The molecule has 0 aliphatic heterocycles. The largest absolute Gasteiger partial charge is 0.490 e. The number of nitriles is 1. The van der Waals surface area contributed by atoms with Gasteiger partial charge in [0.05, 0.1) is 6.10 Å². The van der Waals surface area contributed by atoms with Crippen LogP contribution < -0.4 is 4.74 Å². The number of rotatable bonds is 3. The van der Waals surface area contributed by atoms with Crippen molar-refractivity contribution in [1.82, 2.24) is 4.98 Å². The number of nitrogens with zero attached hydrogens (tertiary/aromatic N) is 2. The zero-order valence-electron chi connectivity index (χ0n) is 9.03. The van der Waals surface area contributed by atoms with Crippen molar-refractivity contribution in [2.75, 3.05) is 0 Å². The lowest BCUT2D eigenvalue weighted by molar-refractivity contribution is 0.298. The Bertz CT molecular complexity index is 403. The van der Waals surface area contributed by atoms with Crippen LogP contribution in [0, 0.1) is 11.3 Å². The molecule has 78 valence electrons. The molecule has 1 fully saturated rings. The van der Waals surface area contributed by atoms with Crippen molar-refractivity contribution in [2.24, 2.45) is 0 Å². The number of hydrogen-bond donors (Lipinski definition) is 0. The van der Waals surface area contributed by atoms with Crippen molar-refractivity contribution >= 4 is 0 Å². The monoisotopic (exact) mass is 202 g/mol. The third-order valence-corrected chi connectivity index (χ3v) is 2.45. The summed E-state index contributed by atoms with van der Waals surface area (Å²) in [4.78, 5) is 4.07. The summed E-state index contributed by atoms with van der Waals surface area (Å²) in [6.45, 7) is 4.11. The lowest BCUT2D eigenvalue weighted by Crippen LogP contribution is -2.04. The Labute approximate surface area is 89.7 Å². The molecule has 0 N–H and O–H groups in total. The minimum atomic E-state index is 0.266. The summed E-state index contributed by atoms with van der Waals surface area (Å²) in [6.07, 6.45) is 4.25. The summed E-state index contributed by atoms with van der Waals surface area (Å²) in [7, 11) is 0. The van der Waals surface area contributed by atoms with Crippen LogP contribution in [0.15, 0.2) is 12.3 Å². The minimum absolute atomic E-state index is 0.266. The van der Waals surface area contributed by atoms with E-state index in [4.69, 9.17) is 10.00 Å². The van der Waals surface area contributed by atoms with E-state index in [1.807, 2.05) is 6.07 Å². The first-order valence-corrected chi connectivity index (χ1v) is 5.28. The standard InChI is InChI=1S/C12H14N2O/c1-8(2)12-10(7-13)14-6-5-11(12)15-9-3-4-9/h5-6,8-9H,3-4H2,1-2H3. The maximum atomic E-state index is 8.97. The van der Waals surface area contributed by atoms with Crippen LogP contribution in [-0.4, -0.2) is 11.1 Å². The molecule has 15 heavy (non-hydrogen) atoms. The molecule has 1 aromatic rings. The lowest BCUT2D eigenvalue weighted by atomic mass is 10.0. The van der Waals surface area contributed by atoms with E-state index in [1.165, 1.54) is 0 Å². The van der Waals surface area contributed by atoms with E-state index in [9.17, 15) is 0 Å². The van der Waals surface area contributed by atoms with E-state index in [1.54, 1.807) is 6.20 Å². The molecule has 0 unspecified atom stereocenters. The third kappa shape index (κ3) is 2.10. The Hall–Kier alpha value is -1.56. The van der Waals surface area contributed by atoms with Crippen LogP contribution >= 0.6 is 0 Å². The van der Waals surface area contributed by atoms with Crippen molar-refractivity contribution in [3.8, 4) is 11.8 Å². The maximum absolute atomic E-state index is 8.97. The Kier molecular flexibility index (Phi) is 2.59. The highest BCUT2D eigenvalue weighted by Crippen LogP contribution is 2.33. The van der Waals surface area contributed by atoms with E-state index in [0.29, 0.717) is 11.8 Å². The van der Waals surface area contributed by atoms with Crippen LogP contribution in [0.2, 0.25) is 0 Å². The zero-order chi connectivity index (χ0) is 10.8. The normalized spacial score (nSPS) is 15.1. The molecule has 2 rings (SSSR count). The van der Waals surface area contributed by atoms with Gasteiger partial charge in [-0.15, -0.1) is 0 Å². The number of pyridine rings is 1. The molecular formula is C12H14N2O. The van der Waals surface area contributed by atoms with Crippen molar-refractivity contribution in [1.29, 1.82) is 5.26 Å². The molecular weight excluding hydrogens is 188 g/mol. The second-order valence-corrected chi connectivity index (χ2v) is 4.16. The molecule has 1 saturated carbocycles. The lowest BCUT2D eigenvalue weighted by Gasteiger charge is -2.14. The molecule has 3 nitrogen and oxygen atoms in total. The molecule has 1 aliphatic carbocycles. The van der Waals surface area contributed by atoms with E-state index >= 15 is 0 Å². The third-order valence-electron chi connectivity index (χ3n) is 2.45. The minimum Gasteiger partial charge on any atom is -0.490 e. The fourth-order valence-electron chi connectivity index (χ4n) is 1.57.